The number of carbonyl (C=O) groups excluding carboxylic acids is 1. The van der Waals surface area contributed by atoms with E-state index in [0.717, 1.165) is 32.5 Å². The van der Waals surface area contributed by atoms with Crippen molar-refractivity contribution in [2.45, 2.75) is 31.3 Å². The van der Waals surface area contributed by atoms with Gasteiger partial charge in [0.15, 0.2) is 0 Å². The first kappa shape index (κ1) is 8.97. The molecule has 2 aliphatic rings. The van der Waals surface area contributed by atoms with E-state index < -0.39 is 0 Å². The fourth-order valence-corrected chi connectivity index (χ4v) is 1.67. The van der Waals surface area contributed by atoms with Crippen LogP contribution in [0.3, 0.4) is 0 Å². The molecule has 4 nitrogen and oxygen atoms in total. The smallest absolute Gasteiger partial charge is 0.224 e. The lowest BCUT2D eigenvalue weighted by atomic mass is 10.1. The van der Waals surface area contributed by atoms with Crippen LogP contribution in [0.2, 0.25) is 0 Å². The topological polar surface area (TPSA) is 64.4 Å². The van der Waals surface area contributed by atoms with Gasteiger partial charge in [0.2, 0.25) is 5.91 Å². The summed E-state index contributed by atoms with van der Waals surface area (Å²) in [4.78, 5) is 11.5. The van der Waals surface area contributed by atoms with Gasteiger partial charge in [0.05, 0.1) is 5.92 Å². The maximum absolute atomic E-state index is 11.5. The van der Waals surface area contributed by atoms with E-state index in [2.05, 4.69) is 5.32 Å². The minimum absolute atomic E-state index is 0.0860. The van der Waals surface area contributed by atoms with E-state index in [1.54, 1.807) is 0 Å². The van der Waals surface area contributed by atoms with Crippen LogP contribution in [0.4, 0.5) is 0 Å². The first-order valence-electron chi connectivity index (χ1n) is 4.91. The maximum Gasteiger partial charge on any atom is 0.224 e. The Morgan fingerprint density at radius 3 is 2.54 bits per heavy atom. The molecule has 0 aromatic carbocycles. The third-order valence-corrected chi connectivity index (χ3v) is 2.74. The van der Waals surface area contributed by atoms with Gasteiger partial charge in [0.1, 0.15) is 0 Å². The predicted molar refractivity (Wildman–Crippen MR) is 48.1 cm³/mol. The molecular weight excluding hydrogens is 168 g/mol. The number of hydrogen-bond donors (Lipinski definition) is 2. The molecule has 0 aromatic rings. The van der Waals surface area contributed by atoms with E-state index in [0.29, 0.717) is 6.04 Å². The molecule has 1 aliphatic carbocycles. The Kier molecular flexibility index (Phi) is 2.51. The Morgan fingerprint density at radius 2 is 2.00 bits per heavy atom. The molecule has 0 spiro atoms. The summed E-state index contributed by atoms with van der Waals surface area (Å²) in [7, 11) is 0. The van der Waals surface area contributed by atoms with Gasteiger partial charge in [-0.2, -0.15) is 0 Å². The normalized spacial score (nSPS) is 34.2. The highest BCUT2D eigenvalue weighted by atomic mass is 16.5. The van der Waals surface area contributed by atoms with Crippen LogP contribution >= 0.6 is 0 Å². The van der Waals surface area contributed by atoms with Crippen LogP contribution in [0.15, 0.2) is 0 Å². The van der Waals surface area contributed by atoms with Gasteiger partial charge in [-0.3, -0.25) is 4.79 Å². The van der Waals surface area contributed by atoms with E-state index in [9.17, 15) is 4.79 Å². The molecule has 0 aromatic heterocycles. The zero-order chi connectivity index (χ0) is 9.26. The van der Waals surface area contributed by atoms with Gasteiger partial charge in [-0.15, -0.1) is 0 Å². The summed E-state index contributed by atoms with van der Waals surface area (Å²) in [6, 6.07) is 0.425. The summed E-state index contributed by atoms with van der Waals surface area (Å²) in [5.74, 6) is 0.224. The van der Waals surface area contributed by atoms with Crippen molar-refractivity contribution in [1.82, 2.24) is 5.32 Å². The second-order valence-electron chi connectivity index (χ2n) is 3.90. The molecule has 1 amide bonds. The molecule has 2 atom stereocenters. The molecule has 1 heterocycles. The van der Waals surface area contributed by atoms with Gasteiger partial charge < -0.3 is 15.8 Å². The van der Waals surface area contributed by atoms with Gasteiger partial charge in [-0.05, 0) is 19.3 Å². The number of hydrogen-bond acceptors (Lipinski definition) is 3. The van der Waals surface area contributed by atoms with Gasteiger partial charge in [-0.25, -0.2) is 0 Å². The minimum Gasteiger partial charge on any atom is -0.381 e. The molecule has 2 rings (SSSR count). The Labute approximate surface area is 77.8 Å². The van der Waals surface area contributed by atoms with Crippen LogP contribution in [0.1, 0.15) is 19.3 Å². The highest BCUT2D eigenvalue weighted by Crippen LogP contribution is 2.28. The minimum atomic E-state index is 0.0860. The zero-order valence-corrected chi connectivity index (χ0v) is 7.66. The first-order chi connectivity index (χ1) is 6.27. The molecule has 13 heavy (non-hydrogen) atoms. The van der Waals surface area contributed by atoms with E-state index >= 15 is 0 Å². The summed E-state index contributed by atoms with van der Waals surface area (Å²) in [5, 5.41) is 3.01. The van der Waals surface area contributed by atoms with Crippen molar-refractivity contribution in [3.05, 3.63) is 0 Å². The fourth-order valence-electron chi connectivity index (χ4n) is 1.67. The molecule has 2 unspecified atom stereocenters. The monoisotopic (exact) mass is 184 g/mol. The van der Waals surface area contributed by atoms with Gasteiger partial charge in [-0.1, -0.05) is 0 Å². The van der Waals surface area contributed by atoms with Gasteiger partial charge in [0.25, 0.3) is 0 Å². The first-order valence-corrected chi connectivity index (χ1v) is 4.91. The van der Waals surface area contributed by atoms with Crippen molar-refractivity contribution in [1.29, 1.82) is 0 Å². The third kappa shape index (κ3) is 2.19. The number of nitrogens with one attached hydrogen (secondary N) is 1. The van der Waals surface area contributed by atoms with Crippen LogP contribution < -0.4 is 11.1 Å². The molecule has 1 aliphatic heterocycles. The molecule has 3 N–H and O–H groups in total. The predicted octanol–water partition coefficient (Wildman–Crippen LogP) is -0.371. The lowest BCUT2D eigenvalue weighted by Gasteiger charge is -2.23. The molecule has 1 saturated carbocycles. The maximum atomic E-state index is 11.5. The largest absolute Gasteiger partial charge is 0.381 e. The standard InChI is InChI=1S/C9H16N2O2/c10-8-5-7(8)9(12)11-6-1-3-13-4-2-6/h6-8H,1-5,10H2,(H,11,12). The Bertz CT molecular complexity index is 202. The third-order valence-electron chi connectivity index (χ3n) is 2.74. The lowest BCUT2D eigenvalue weighted by Crippen LogP contribution is -2.40. The highest BCUT2D eigenvalue weighted by Gasteiger charge is 2.40. The zero-order valence-electron chi connectivity index (χ0n) is 7.66. The number of rotatable bonds is 2. The number of amides is 1. The second kappa shape index (κ2) is 3.64. The molecule has 0 radical (unpaired) electrons. The molecule has 1 saturated heterocycles. The molecule has 2 fully saturated rings. The van der Waals surface area contributed by atoms with E-state index in [1.165, 1.54) is 0 Å². The van der Waals surface area contributed by atoms with Crippen LogP contribution in [0.5, 0.6) is 0 Å². The van der Waals surface area contributed by atoms with E-state index in [1.807, 2.05) is 0 Å². The van der Waals surface area contributed by atoms with Gasteiger partial charge >= 0.3 is 0 Å². The second-order valence-corrected chi connectivity index (χ2v) is 3.90. The summed E-state index contributed by atoms with van der Waals surface area (Å²) in [6.07, 6.45) is 2.73. The van der Waals surface area contributed by atoms with Crippen LogP contribution in [0.25, 0.3) is 0 Å². The van der Waals surface area contributed by atoms with Crippen molar-refractivity contribution in [3.63, 3.8) is 0 Å². The Hall–Kier alpha value is -0.610. The number of carbonyl (C=O) groups is 1. The average molecular weight is 184 g/mol. The Balaban J connectivity index is 1.73. The molecule has 74 valence electrons. The summed E-state index contributed by atoms with van der Waals surface area (Å²) < 4.78 is 5.20. The Morgan fingerprint density at radius 1 is 1.38 bits per heavy atom. The van der Waals surface area contributed by atoms with Crippen molar-refractivity contribution in [2.75, 3.05) is 13.2 Å². The van der Waals surface area contributed by atoms with E-state index in [-0.39, 0.29) is 17.9 Å². The SMILES string of the molecule is NC1CC1C(=O)NC1CCOCC1. The molecular formula is C9H16N2O2. The summed E-state index contributed by atoms with van der Waals surface area (Å²) >= 11 is 0. The van der Waals surface area contributed by atoms with Gasteiger partial charge in [0, 0.05) is 25.3 Å². The highest BCUT2D eigenvalue weighted by molar-refractivity contribution is 5.82. The lowest BCUT2D eigenvalue weighted by molar-refractivity contribution is -0.123. The number of nitrogens with two attached hydrogens (primary N) is 1. The van der Waals surface area contributed by atoms with Crippen LogP contribution in [0, 0.1) is 5.92 Å². The quantitative estimate of drug-likeness (QED) is 0.615. The van der Waals surface area contributed by atoms with Crippen LogP contribution in [-0.2, 0) is 9.53 Å². The number of ether oxygens (including phenoxy) is 1. The van der Waals surface area contributed by atoms with Crippen molar-refractivity contribution in [2.24, 2.45) is 11.7 Å². The van der Waals surface area contributed by atoms with Crippen molar-refractivity contribution < 1.29 is 9.53 Å². The van der Waals surface area contributed by atoms with E-state index in [4.69, 9.17) is 10.5 Å². The molecule has 4 heteroatoms. The van der Waals surface area contributed by atoms with Crippen molar-refractivity contribution >= 4 is 5.91 Å². The molecule has 0 bridgehead atoms. The van der Waals surface area contributed by atoms with Crippen molar-refractivity contribution in [3.8, 4) is 0 Å². The van der Waals surface area contributed by atoms with Crippen LogP contribution in [-0.4, -0.2) is 31.2 Å². The summed E-state index contributed by atoms with van der Waals surface area (Å²) in [6.45, 7) is 1.53. The average Bonchev–Trinajstić information content (AvgIpc) is 2.84. The fraction of sp³-hybridized carbons (Fsp3) is 0.889. The summed E-state index contributed by atoms with van der Waals surface area (Å²) in [5.41, 5.74) is 5.59.